The molecule has 0 aliphatic heterocycles. The van der Waals surface area contributed by atoms with Crippen molar-refractivity contribution in [2.24, 2.45) is 7.05 Å². The zero-order chi connectivity index (χ0) is 14.5. The second-order valence-electron chi connectivity index (χ2n) is 4.87. The van der Waals surface area contributed by atoms with E-state index in [-0.39, 0.29) is 5.91 Å². The summed E-state index contributed by atoms with van der Waals surface area (Å²) in [4.78, 5) is 15.9. The van der Waals surface area contributed by atoms with Crippen LogP contribution >= 0.6 is 0 Å². The fourth-order valence-corrected chi connectivity index (χ4v) is 2.24. The average molecular weight is 272 g/mol. The number of aryl methyl sites for hydroxylation is 2. The number of carbonyl (C=O) groups is 1. The van der Waals surface area contributed by atoms with Crippen molar-refractivity contribution in [3.8, 4) is 0 Å². The smallest absolute Gasteiger partial charge is 0.226 e. The third kappa shape index (κ3) is 3.44. The van der Waals surface area contributed by atoms with Gasteiger partial charge in [0, 0.05) is 31.2 Å². The number of hydrogen-bond donors (Lipinski definition) is 1. The van der Waals surface area contributed by atoms with Crippen molar-refractivity contribution in [2.75, 3.05) is 6.54 Å². The molecule has 0 radical (unpaired) electrons. The molecule has 0 fully saturated rings. The fourth-order valence-electron chi connectivity index (χ4n) is 2.24. The Morgan fingerprint density at radius 1 is 1.35 bits per heavy atom. The van der Waals surface area contributed by atoms with E-state index < -0.39 is 0 Å². The third-order valence-corrected chi connectivity index (χ3v) is 3.42. The van der Waals surface area contributed by atoms with E-state index in [9.17, 15) is 4.79 Å². The summed E-state index contributed by atoms with van der Waals surface area (Å²) in [6, 6.07) is 5.59. The minimum Gasteiger partial charge on any atom is -0.355 e. The van der Waals surface area contributed by atoms with E-state index in [1.165, 1.54) is 5.56 Å². The SMILES string of the molecule is Cc1nn(C)c(C)c1CCNC(=O)Cc1ccccn1. The summed E-state index contributed by atoms with van der Waals surface area (Å²) in [5.41, 5.74) is 4.19. The van der Waals surface area contributed by atoms with Crippen molar-refractivity contribution >= 4 is 5.91 Å². The summed E-state index contributed by atoms with van der Waals surface area (Å²) >= 11 is 0. The molecule has 0 saturated heterocycles. The van der Waals surface area contributed by atoms with Gasteiger partial charge in [-0.3, -0.25) is 14.5 Å². The Kier molecular flexibility index (Phi) is 4.50. The number of nitrogens with one attached hydrogen (secondary N) is 1. The van der Waals surface area contributed by atoms with Crippen LogP contribution in [0.2, 0.25) is 0 Å². The van der Waals surface area contributed by atoms with Gasteiger partial charge in [0.15, 0.2) is 0 Å². The first-order valence-electron chi connectivity index (χ1n) is 6.73. The van der Waals surface area contributed by atoms with Crippen LogP contribution in [0.1, 0.15) is 22.6 Å². The maximum Gasteiger partial charge on any atom is 0.226 e. The fraction of sp³-hybridized carbons (Fsp3) is 0.400. The first-order valence-corrected chi connectivity index (χ1v) is 6.73. The van der Waals surface area contributed by atoms with Crippen LogP contribution in [-0.2, 0) is 24.7 Å². The second kappa shape index (κ2) is 6.32. The third-order valence-electron chi connectivity index (χ3n) is 3.42. The van der Waals surface area contributed by atoms with Gasteiger partial charge in [-0.1, -0.05) is 6.07 Å². The Morgan fingerprint density at radius 3 is 2.75 bits per heavy atom. The molecule has 5 heteroatoms. The number of rotatable bonds is 5. The second-order valence-corrected chi connectivity index (χ2v) is 4.87. The lowest BCUT2D eigenvalue weighted by atomic mass is 10.1. The van der Waals surface area contributed by atoms with Gasteiger partial charge >= 0.3 is 0 Å². The van der Waals surface area contributed by atoms with Crippen molar-refractivity contribution in [2.45, 2.75) is 26.7 Å². The molecule has 0 aliphatic carbocycles. The van der Waals surface area contributed by atoms with Crippen molar-refractivity contribution < 1.29 is 4.79 Å². The Bertz CT molecular complexity index is 589. The number of carbonyl (C=O) groups excluding carboxylic acids is 1. The van der Waals surface area contributed by atoms with Crippen LogP contribution in [0.4, 0.5) is 0 Å². The minimum absolute atomic E-state index is 0.00268. The standard InChI is InChI=1S/C15H20N4O/c1-11-14(12(2)19(3)18-11)7-9-17-15(20)10-13-6-4-5-8-16-13/h4-6,8H,7,9-10H2,1-3H3,(H,17,20). The molecule has 0 aromatic carbocycles. The monoisotopic (exact) mass is 272 g/mol. The van der Waals surface area contributed by atoms with Gasteiger partial charge in [-0.2, -0.15) is 5.10 Å². The molecule has 0 unspecified atom stereocenters. The molecule has 2 aromatic rings. The van der Waals surface area contributed by atoms with E-state index in [0.717, 1.165) is 23.5 Å². The van der Waals surface area contributed by atoms with Gasteiger partial charge in [-0.15, -0.1) is 0 Å². The lowest BCUT2D eigenvalue weighted by Gasteiger charge is -2.05. The lowest BCUT2D eigenvalue weighted by molar-refractivity contribution is -0.120. The number of amides is 1. The lowest BCUT2D eigenvalue weighted by Crippen LogP contribution is -2.27. The zero-order valence-corrected chi connectivity index (χ0v) is 12.2. The average Bonchev–Trinajstić information content (AvgIpc) is 2.66. The van der Waals surface area contributed by atoms with Crippen LogP contribution in [0.15, 0.2) is 24.4 Å². The highest BCUT2D eigenvalue weighted by Crippen LogP contribution is 2.11. The van der Waals surface area contributed by atoms with Crippen LogP contribution in [0.5, 0.6) is 0 Å². The van der Waals surface area contributed by atoms with Gasteiger partial charge < -0.3 is 5.32 Å². The topological polar surface area (TPSA) is 59.8 Å². The molecule has 0 saturated carbocycles. The predicted molar refractivity (Wildman–Crippen MR) is 77.3 cm³/mol. The molecule has 2 aromatic heterocycles. The number of hydrogen-bond acceptors (Lipinski definition) is 3. The van der Waals surface area contributed by atoms with Crippen LogP contribution < -0.4 is 5.32 Å². The number of aromatic nitrogens is 3. The molecular formula is C15H20N4O. The molecule has 1 N–H and O–H groups in total. The Balaban J connectivity index is 1.82. The largest absolute Gasteiger partial charge is 0.355 e. The minimum atomic E-state index is 0.00268. The molecule has 0 aliphatic rings. The molecule has 5 nitrogen and oxygen atoms in total. The van der Waals surface area contributed by atoms with E-state index in [0.29, 0.717) is 13.0 Å². The van der Waals surface area contributed by atoms with Gasteiger partial charge in [0.05, 0.1) is 12.1 Å². The normalized spacial score (nSPS) is 10.6. The molecule has 106 valence electrons. The summed E-state index contributed by atoms with van der Waals surface area (Å²) in [7, 11) is 1.94. The Labute approximate surface area is 119 Å². The molecule has 0 spiro atoms. The molecule has 1 amide bonds. The van der Waals surface area contributed by atoms with Crippen LogP contribution in [0.25, 0.3) is 0 Å². The molecule has 2 heterocycles. The molecule has 2 rings (SSSR count). The first kappa shape index (κ1) is 14.2. The number of nitrogens with zero attached hydrogens (tertiary/aromatic N) is 3. The van der Waals surface area contributed by atoms with Gasteiger partial charge in [0.25, 0.3) is 0 Å². The van der Waals surface area contributed by atoms with Crippen LogP contribution in [0.3, 0.4) is 0 Å². The first-order chi connectivity index (χ1) is 9.58. The van der Waals surface area contributed by atoms with Gasteiger partial charge in [0.1, 0.15) is 0 Å². The van der Waals surface area contributed by atoms with Crippen molar-refractivity contribution in [1.82, 2.24) is 20.1 Å². The predicted octanol–water partition coefficient (Wildman–Crippen LogP) is 1.33. The zero-order valence-electron chi connectivity index (χ0n) is 12.2. The summed E-state index contributed by atoms with van der Waals surface area (Å²) in [6.45, 7) is 4.67. The van der Waals surface area contributed by atoms with E-state index in [1.807, 2.05) is 43.8 Å². The van der Waals surface area contributed by atoms with Crippen LogP contribution in [-0.4, -0.2) is 27.2 Å². The van der Waals surface area contributed by atoms with Crippen molar-refractivity contribution in [3.63, 3.8) is 0 Å². The summed E-state index contributed by atoms with van der Waals surface area (Å²) in [5, 5.41) is 7.30. The van der Waals surface area contributed by atoms with E-state index in [2.05, 4.69) is 15.4 Å². The van der Waals surface area contributed by atoms with E-state index >= 15 is 0 Å². The molecule has 20 heavy (non-hydrogen) atoms. The van der Waals surface area contributed by atoms with Gasteiger partial charge in [0.2, 0.25) is 5.91 Å². The van der Waals surface area contributed by atoms with E-state index in [4.69, 9.17) is 0 Å². The highest BCUT2D eigenvalue weighted by Gasteiger charge is 2.09. The van der Waals surface area contributed by atoms with E-state index in [1.54, 1.807) is 6.20 Å². The maximum absolute atomic E-state index is 11.8. The van der Waals surface area contributed by atoms with Crippen molar-refractivity contribution in [3.05, 3.63) is 47.0 Å². The molecule has 0 bridgehead atoms. The Hall–Kier alpha value is -2.17. The van der Waals surface area contributed by atoms with Crippen LogP contribution in [0, 0.1) is 13.8 Å². The summed E-state index contributed by atoms with van der Waals surface area (Å²) in [6.07, 6.45) is 2.83. The molecule has 0 atom stereocenters. The highest BCUT2D eigenvalue weighted by atomic mass is 16.1. The highest BCUT2D eigenvalue weighted by molar-refractivity contribution is 5.78. The number of pyridine rings is 1. The Morgan fingerprint density at radius 2 is 2.15 bits per heavy atom. The van der Waals surface area contributed by atoms with Crippen molar-refractivity contribution in [1.29, 1.82) is 0 Å². The summed E-state index contributed by atoms with van der Waals surface area (Å²) in [5.74, 6) is 0.00268. The quantitative estimate of drug-likeness (QED) is 0.893. The van der Waals surface area contributed by atoms with Gasteiger partial charge in [-0.25, -0.2) is 0 Å². The summed E-state index contributed by atoms with van der Waals surface area (Å²) < 4.78 is 1.88. The molecular weight excluding hydrogens is 252 g/mol. The van der Waals surface area contributed by atoms with Gasteiger partial charge in [-0.05, 0) is 38.0 Å². The maximum atomic E-state index is 11.8.